The summed E-state index contributed by atoms with van der Waals surface area (Å²) in [4.78, 5) is 0. The van der Waals surface area contributed by atoms with E-state index in [2.05, 4.69) is 78.1 Å². The Labute approximate surface area is 160 Å². The SMILES string of the molecule is ClC1=CC=CC2C3=C(NC12)C(c1ccccc1)CCC3c1ccccc1. The van der Waals surface area contributed by atoms with Crippen LogP contribution in [0, 0.1) is 5.92 Å². The van der Waals surface area contributed by atoms with Gasteiger partial charge in [-0.3, -0.25) is 0 Å². The zero-order chi connectivity index (χ0) is 17.5. The lowest BCUT2D eigenvalue weighted by Crippen LogP contribution is -2.30. The van der Waals surface area contributed by atoms with E-state index in [4.69, 9.17) is 11.6 Å². The van der Waals surface area contributed by atoms with Crippen LogP contribution in [0.1, 0.15) is 35.8 Å². The quantitative estimate of drug-likeness (QED) is 0.705. The van der Waals surface area contributed by atoms with Gasteiger partial charge < -0.3 is 5.32 Å². The van der Waals surface area contributed by atoms with Gasteiger partial charge in [-0.1, -0.05) is 84.4 Å². The minimum Gasteiger partial charge on any atom is -0.379 e. The summed E-state index contributed by atoms with van der Waals surface area (Å²) < 4.78 is 0. The fourth-order valence-corrected chi connectivity index (χ4v) is 5.19. The smallest absolute Gasteiger partial charge is 0.0718 e. The number of nitrogens with one attached hydrogen (secondary N) is 1. The van der Waals surface area contributed by atoms with E-state index in [0.717, 1.165) is 5.03 Å². The summed E-state index contributed by atoms with van der Waals surface area (Å²) in [5.74, 6) is 1.27. The molecular weight excluding hydrogens is 338 g/mol. The molecule has 26 heavy (non-hydrogen) atoms. The van der Waals surface area contributed by atoms with Gasteiger partial charge in [-0.25, -0.2) is 0 Å². The highest BCUT2D eigenvalue weighted by atomic mass is 35.5. The van der Waals surface area contributed by atoms with Crippen molar-refractivity contribution in [1.29, 1.82) is 0 Å². The van der Waals surface area contributed by atoms with Crippen molar-refractivity contribution >= 4 is 11.6 Å². The fraction of sp³-hybridized carbons (Fsp3) is 0.250. The molecule has 130 valence electrons. The molecule has 0 saturated carbocycles. The number of rotatable bonds is 2. The Morgan fingerprint density at radius 3 is 2.12 bits per heavy atom. The lowest BCUT2D eigenvalue weighted by Gasteiger charge is -2.33. The summed E-state index contributed by atoms with van der Waals surface area (Å²) in [6.07, 6.45) is 8.83. The molecule has 2 aromatic rings. The van der Waals surface area contributed by atoms with Crippen molar-refractivity contribution in [2.75, 3.05) is 0 Å². The molecule has 0 saturated heterocycles. The summed E-state index contributed by atoms with van der Waals surface area (Å²) >= 11 is 6.59. The Balaban J connectivity index is 1.63. The molecule has 2 aromatic carbocycles. The number of hydrogen-bond acceptors (Lipinski definition) is 1. The van der Waals surface area contributed by atoms with Gasteiger partial charge in [0, 0.05) is 28.5 Å². The summed E-state index contributed by atoms with van der Waals surface area (Å²) in [6, 6.07) is 22.1. The molecule has 0 spiro atoms. The van der Waals surface area contributed by atoms with E-state index < -0.39 is 0 Å². The zero-order valence-corrected chi connectivity index (χ0v) is 15.4. The van der Waals surface area contributed by atoms with Gasteiger partial charge in [0.25, 0.3) is 0 Å². The average Bonchev–Trinajstić information content (AvgIpc) is 3.10. The molecule has 1 N–H and O–H groups in total. The van der Waals surface area contributed by atoms with E-state index in [0.29, 0.717) is 17.8 Å². The first-order valence-electron chi connectivity index (χ1n) is 9.47. The Morgan fingerprint density at radius 2 is 1.42 bits per heavy atom. The van der Waals surface area contributed by atoms with Crippen molar-refractivity contribution in [2.45, 2.75) is 30.7 Å². The molecule has 0 radical (unpaired) electrons. The predicted molar refractivity (Wildman–Crippen MR) is 108 cm³/mol. The second kappa shape index (κ2) is 6.48. The van der Waals surface area contributed by atoms with E-state index in [-0.39, 0.29) is 6.04 Å². The monoisotopic (exact) mass is 359 g/mol. The van der Waals surface area contributed by atoms with Crippen LogP contribution in [0.3, 0.4) is 0 Å². The third-order valence-electron chi connectivity index (χ3n) is 6.08. The molecule has 0 amide bonds. The summed E-state index contributed by atoms with van der Waals surface area (Å²) in [5, 5.41) is 4.74. The second-order valence-electron chi connectivity index (χ2n) is 7.46. The van der Waals surface area contributed by atoms with Crippen LogP contribution in [0.4, 0.5) is 0 Å². The number of hydrogen-bond donors (Lipinski definition) is 1. The third kappa shape index (κ3) is 2.54. The average molecular weight is 360 g/mol. The van der Waals surface area contributed by atoms with E-state index in [9.17, 15) is 0 Å². The first-order valence-corrected chi connectivity index (χ1v) is 9.85. The van der Waals surface area contributed by atoms with Gasteiger partial charge in [0.15, 0.2) is 0 Å². The van der Waals surface area contributed by atoms with Crippen LogP contribution >= 0.6 is 11.6 Å². The number of benzene rings is 2. The Morgan fingerprint density at radius 1 is 0.808 bits per heavy atom. The molecular formula is C24H22ClN. The standard InChI is InChI=1S/C24H22ClN/c25-21-13-7-12-20-22-18(16-8-3-1-4-9-16)14-15-19(24(22)26-23(20)21)17-10-5-2-6-11-17/h1-13,18-20,23,26H,14-15H2. The minimum atomic E-state index is 0.196. The van der Waals surface area contributed by atoms with Crippen molar-refractivity contribution in [1.82, 2.24) is 5.32 Å². The van der Waals surface area contributed by atoms with Crippen molar-refractivity contribution in [2.24, 2.45) is 5.92 Å². The van der Waals surface area contributed by atoms with Gasteiger partial charge in [-0.05, 0) is 35.6 Å². The van der Waals surface area contributed by atoms with Gasteiger partial charge >= 0.3 is 0 Å². The molecule has 0 fully saturated rings. The van der Waals surface area contributed by atoms with E-state index in [1.54, 1.807) is 5.57 Å². The van der Waals surface area contributed by atoms with Crippen LogP contribution in [0.5, 0.6) is 0 Å². The van der Waals surface area contributed by atoms with Crippen LogP contribution < -0.4 is 5.32 Å². The zero-order valence-electron chi connectivity index (χ0n) is 14.6. The molecule has 1 nitrogen and oxygen atoms in total. The fourth-order valence-electron chi connectivity index (χ4n) is 4.93. The molecule has 4 unspecified atom stereocenters. The molecule has 1 heterocycles. The van der Waals surface area contributed by atoms with Crippen LogP contribution in [0.25, 0.3) is 0 Å². The van der Waals surface area contributed by atoms with Crippen LogP contribution in [0.2, 0.25) is 0 Å². The summed E-state index contributed by atoms with van der Waals surface area (Å²) in [7, 11) is 0. The molecule has 0 aromatic heterocycles. The Hall–Kier alpha value is -2.25. The largest absolute Gasteiger partial charge is 0.379 e. The van der Waals surface area contributed by atoms with Gasteiger partial charge in [0.2, 0.25) is 0 Å². The van der Waals surface area contributed by atoms with Crippen molar-refractivity contribution in [3.05, 3.63) is 106 Å². The highest BCUT2D eigenvalue weighted by Gasteiger charge is 2.44. The van der Waals surface area contributed by atoms with Crippen molar-refractivity contribution in [3.63, 3.8) is 0 Å². The van der Waals surface area contributed by atoms with E-state index in [1.165, 1.54) is 29.7 Å². The van der Waals surface area contributed by atoms with Crippen LogP contribution in [0.15, 0.2) is 95.2 Å². The Bertz CT molecular complexity index is 894. The highest BCUT2D eigenvalue weighted by Crippen LogP contribution is 2.52. The molecule has 2 heteroatoms. The maximum Gasteiger partial charge on any atom is 0.0718 e. The predicted octanol–water partition coefficient (Wildman–Crippen LogP) is 5.88. The van der Waals surface area contributed by atoms with Crippen LogP contribution in [-0.4, -0.2) is 6.04 Å². The molecule has 2 aliphatic carbocycles. The van der Waals surface area contributed by atoms with Crippen molar-refractivity contribution in [3.8, 4) is 0 Å². The van der Waals surface area contributed by atoms with Gasteiger partial charge in [0.1, 0.15) is 0 Å². The molecule has 0 bridgehead atoms. The maximum atomic E-state index is 6.59. The minimum absolute atomic E-state index is 0.196. The molecule has 4 atom stereocenters. The third-order valence-corrected chi connectivity index (χ3v) is 6.44. The number of halogens is 1. The van der Waals surface area contributed by atoms with Crippen LogP contribution in [-0.2, 0) is 0 Å². The molecule has 3 aliphatic rings. The van der Waals surface area contributed by atoms with Gasteiger partial charge in [0.05, 0.1) is 6.04 Å². The Kier molecular flexibility index (Phi) is 3.98. The van der Waals surface area contributed by atoms with Gasteiger partial charge in [-0.2, -0.15) is 0 Å². The lowest BCUT2D eigenvalue weighted by atomic mass is 9.71. The number of allylic oxidation sites excluding steroid dienone is 3. The van der Waals surface area contributed by atoms with Crippen molar-refractivity contribution < 1.29 is 0 Å². The van der Waals surface area contributed by atoms with E-state index >= 15 is 0 Å². The lowest BCUT2D eigenvalue weighted by molar-refractivity contribution is 0.534. The highest BCUT2D eigenvalue weighted by molar-refractivity contribution is 6.30. The number of fused-ring (bicyclic) bond motifs is 2. The normalized spacial score (nSPS) is 29.7. The molecule has 5 rings (SSSR count). The topological polar surface area (TPSA) is 12.0 Å². The van der Waals surface area contributed by atoms with E-state index in [1.807, 2.05) is 6.08 Å². The first kappa shape index (κ1) is 16.0. The van der Waals surface area contributed by atoms with Gasteiger partial charge in [-0.15, -0.1) is 0 Å². The first-order chi connectivity index (χ1) is 12.8. The second-order valence-corrected chi connectivity index (χ2v) is 7.89. The molecule has 1 aliphatic heterocycles. The maximum absolute atomic E-state index is 6.59. The summed E-state index contributed by atoms with van der Waals surface area (Å²) in [6.45, 7) is 0. The summed E-state index contributed by atoms with van der Waals surface area (Å²) in [5.41, 5.74) is 5.78.